The van der Waals surface area contributed by atoms with Gasteiger partial charge in [0, 0.05) is 10.6 Å². The molecule has 0 saturated carbocycles. The molecule has 120 valence electrons. The Morgan fingerprint density at radius 2 is 1.74 bits per heavy atom. The number of hydrogen-bond donors (Lipinski definition) is 1. The third kappa shape index (κ3) is 3.63. The van der Waals surface area contributed by atoms with Gasteiger partial charge in [0.05, 0.1) is 16.1 Å². The lowest BCUT2D eigenvalue weighted by Crippen LogP contribution is -2.14. The number of carboxylic acid groups (broad SMARTS) is 1. The minimum absolute atomic E-state index is 0.115. The summed E-state index contributed by atoms with van der Waals surface area (Å²) in [4.78, 5) is 23.3. The third-order valence-corrected chi connectivity index (χ3v) is 3.86. The van der Waals surface area contributed by atoms with Crippen LogP contribution in [0.5, 0.6) is 0 Å². The average Bonchev–Trinajstić information content (AvgIpc) is 2.51. The molecule has 1 unspecified atom stereocenters. The molecule has 0 radical (unpaired) electrons. The van der Waals surface area contributed by atoms with Crippen molar-refractivity contribution in [2.24, 2.45) is 0 Å². The average molecular weight is 357 g/mol. The van der Waals surface area contributed by atoms with E-state index in [1.165, 1.54) is 37.3 Å². The highest BCUT2D eigenvalue weighted by atomic mass is 35.5. The van der Waals surface area contributed by atoms with Crippen molar-refractivity contribution in [2.75, 3.05) is 0 Å². The van der Waals surface area contributed by atoms with E-state index in [0.29, 0.717) is 0 Å². The van der Waals surface area contributed by atoms with Gasteiger partial charge < -0.3 is 9.84 Å². The molecule has 0 spiro atoms. The van der Waals surface area contributed by atoms with Crippen LogP contribution in [0.1, 0.15) is 39.3 Å². The predicted molar refractivity (Wildman–Crippen MR) is 83.7 cm³/mol. The van der Waals surface area contributed by atoms with E-state index in [2.05, 4.69) is 0 Å². The Bertz CT molecular complexity index is 777. The van der Waals surface area contributed by atoms with Gasteiger partial charge in [-0.2, -0.15) is 0 Å². The van der Waals surface area contributed by atoms with E-state index in [4.69, 9.17) is 33.0 Å². The lowest BCUT2D eigenvalue weighted by Gasteiger charge is -2.17. The van der Waals surface area contributed by atoms with Crippen molar-refractivity contribution in [1.29, 1.82) is 0 Å². The molecule has 0 aromatic heterocycles. The Hall–Kier alpha value is -2.11. The quantitative estimate of drug-likeness (QED) is 0.634. The highest BCUT2D eigenvalue weighted by Gasteiger charge is 2.23. The molecule has 0 aliphatic carbocycles. The lowest BCUT2D eigenvalue weighted by molar-refractivity contribution is 0.0331. The molecule has 2 aromatic carbocycles. The number of benzene rings is 2. The summed E-state index contributed by atoms with van der Waals surface area (Å²) in [5, 5.41) is 8.99. The van der Waals surface area contributed by atoms with E-state index < -0.39 is 23.9 Å². The summed E-state index contributed by atoms with van der Waals surface area (Å²) in [7, 11) is 0. The van der Waals surface area contributed by atoms with Crippen molar-refractivity contribution >= 4 is 35.1 Å². The molecule has 0 amide bonds. The number of rotatable bonds is 4. The van der Waals surface area contributed by atoms with Crippen molar-refractivity contribution in [3.63, 3.8) is 0 Å². The lowest BCUT2D eigenvalue weighted by atomic mass is 10.1. The van der Waals surface area contributed by atoms with Crippen molar-refractivity contribution < 1.29 is 23.8 Å². The summed E-state index contributed by atoms with van der Waals surface area (Å²) < 4.78 is 18.7. The van der Waals surface area contributed by atoms with E-state index in [1.807, 2.05) is 0 Å². The smallest absolute Gasteiger partial charge is 0.339 e. The Morgan fingerprint density at radius 3 is 2.35 bits per heavy atom. The second-order valence-electron chi connectivity index (χ2n) is 4.66. The molecular weight excluding hydrogens is 346 g/mol. The predicted octanol–water partition coefficient (Wildman–Crippen LogP) is 4.75. The van der Waals surface area contributed by atoms with Crippen LogP contribution in [0.4, 0.5) is 4.39 Å². The summed E-state index contributed by atoms with van der Waals surface area (Å²) in [5.41, 5.74) is -0.189. The fraction of sp³-hybridized carbons (Fsp3) is 0.125. The molecule has 0 heterocycles. The summed E-state index contributed by atoms with van der Waals surface area (Å²) >= 11 is 11.8. The van der Waals surface area contributed by atoms with Gasteiger partial charge in [-0.05, 0) is 31.2 Å². The van der Waals surface area contributed by atoms with Gasteiger partial charge in [0.25, 0.3) is 0 Å². The maximum absolute atomic E-state index is 13.5. The Labute approximate surface area is 141 Å². The number of aromatic carboxylic acids is 1. The molecule has 2 aromatic rings. The molecule has 0 aliphatic heterocycles. The highest BCUT2D eigenvalue weighted by molar-refractivity contribution is 6.36. The maximum Gasteiger partial charge on any atom is 0.339 e. The maximum atomic E-state index is 13.5. The van der Waals surface area contributed by atoms with Gasteiger partial charge in [0.2, 0.25) is 0 Å². The van der Waals surface area contributed by atoms with Gasteiger partial charge in [-0.3, -0.25) is 0 Å². The number of esters is 1. The fourth-order valence-corrected chi connectivity index (χ4v) is 2.72. The molecule has 7 heteroatoms. The SMILES string of the molecule is CC(OC(=O)c1ccccc1C(=O)O)c1c(Cl)ccc(F)c1Cl. The minimum atomic E-state index is -1.26. The molecule has 23 heavy (non-hydrogen) atoms. The molecule has 1 N–H and O–H groups in total. The van der Waals surface area contributed by atoms with E-state index in [1.54, 1.807) is 0 Å². The van der Waals surface area contributed by atoms with Gasteiger partial charge >= 0.3 is 11.9 Å². The number of halogens is 3. The number of carbonyl (C=O) groups excluding carboxylic acids is 1. The second-order valence-corrected chi connectivity index (χ2v) is 5.44. The van der Waals surface area contributed by atoms with Crippen molar-refractivity contribution in [1.82, 2.24) is 0 Å². The van der Waals surface area contributed by atoms with Crippen LogP contribution in [0.15, 0.2) is 36.4 Å². The number of carboxylic acids is 1. The Morgan fingerprint density at radius 1 is 1.13 bits per heavy atom. The molecule has 0 fully saturated rings. The standard InChI is InChI=1S/C16H11Cl2FO4/c1-8(13-11(17)6-7-12(19)14(13)18)23-16(22)10-5-3-2-4-9(10)15(20)21/h2-8H,1H3,(H,20,21). The molecule has 4 nitrogen and oxygen atoms in total. The molecular formula is C16H11Cl2FO4. The van der Waals surface area contributed by atoms with Gasteiger partial charge in [0.15, 0.2) is 0 Å². The van der Waals surface area contributed by atoms with Crippen LogP contribution in [-0.4, -0.2) is 17.0 Å². The Balaban J connectivity index is 2.32. The first kappa shape index (κ1) is 17.2. The first-order valence-electron chi connectivity index (χ1n) is 6.49. The van der Waals surface area contributed by atoms with Crippen LogP contribution in [0, 0.1) is 5.82 Å². The number of carbonyl (C=O) groups is 2. The summed E-state index contributed by atoms with van der Waals surface area (Å²) in [6, 6.07) is 8.01. The molecule has 2 rings (SSSR count). The van der Waals surface area contributed by atoms with E-state index in [0.717, 1.165) is 6.07 Å². The zero-order chi connectivity index (χ0) is 17.1. The van der Waals surface area contributed by atoms with Crippen LogP contribution in [0.3, 0.4) is 0 Å². The minimum Gasteiger partial charge on any atom is -0.478 e. The van der Waals surface area contributed by atoms with Gasteiger partial charge in [-0.15, -0.1) is 0 Å². The van der Waals surface area contributed by atoms with Crippen molar-refractivity contribution in [2.45, 2.75) is 13.0 Å². The monoisotopic (exact) mass is 356 g/mol. The van der Waals surface area contributed by atoms with Crippen LogP contribution in [0.25, 0.3) is 0 Å². The molecule has 0 bridgehead atoms. The van der Waals surface area contributed by atoms with Crippen LogP contribution < -0.4 is 0 Å². The zero-order valence-electron chi connectivity index (χ0n) is 11.8. The van der Waals surface area contributed by atoms with Gasteiger partial charge in [-0.1, -0.05) is 35.3 Å². The largest absolute Gasteiger partial charge is 0.478 e. The first-order chi connectivity index (χ1) is 10.8. The number of ether oxygens (including phenoxy) is 1. The topological polar surface area (TPSA) is 63.6 Å². The van der Waals surface area contributed by atoms with Gasteiger partial charge in [-0.25, -0.2) is 14.0 Å². The fourth-order valence-electron chi connectivity index (χ4n) is 2.05. The second kappa shape index (κ2) is 6.98. The van der Waals surface area contributed by atoms with E-state index >= 15 is 0 Å². The Kier molecular flexibility index (Phi) is 5.23. The van der Waals surface area contributed by atoms with Gasteiger partial charge in [0.1, 0.15) is 11.9 Å². The highest BCUT2D eigenvalue weighted by Crippen LogP contribution is 2.34. The van der Waals surface area contributed by atoms with Crippen LogP contribution >= 0.6 is 23.2 Å². The van der Waals surface area contributed by atoms with E-state index in [-0.39, 0.29) is 26.7 Å². The van der Waals surface area contributed by atoms with E-state index in [9.17, 15) is 14.0 Å². The van der Waals surface area contributed by atoms with Crippen molar-refractivity contribution in [3.8, 4) is 0 Å². The summed E-state index contributed by atoms with van der Waals surface area (Å²) in [6.07, 6.45) is -0.958. The summed E-state index contributed by atoms with van der Waals surface area (Å²) in [6.45, 7) is 1.47. The summed E-state index contributed by atoms with van der Waals surface area (Å²) in [5.74, 6) is -2.82. The van der Waals surface area contributed by atoms with Crippen LogP contribution in [-0.2, 0) is 4.74 Å². The normalized spacial score (nSPS) is 11.8. The zero-order valence-corrected chi connectivity index (χ0v) is 13.4. The molecule has 1 atom stereocenters. The van der Waals surface area contributed by atoms with Crippen LogP contribution in [0.2, 0.25) is 10.0 Å². The molecule has 0 aliphatic rings. The van der Waals surface area contributed by atoms with Crippen molar-refractivity contribution in [3.05, 3.63) is 69.0 Å². The molecule has 0 saturated heterocycles. The first-order valence-corrected chi connectivity index (χ1v) is 7.25. The third-order valence-electron chi connectivity index (χ3n) is 3.15. The number of hydrogen-bond acceptors (Lipinski definition) is 3.